The molecule has 0 saturated carbocycles. The van der Waals surface area contributed by atoms with E-state index in [4.69, 9.17) is 0 Å². The third kappa shape index (κ3) is 2.89. The van der Waals surface area contributed by atoms with E-state index in [1.807, 2.05) is 18.2 Å². The summed E-state index contributed by atoms with van der Waals surface area (Å²) in [5.41, 5.74) is 1.00. The first-order chi connectivity index (χ1) is 8.74. The smallest absolute Gasteiger partial charge is 0.0917 e. The molecule has 0 aliphatic carbocycles. The summed E-state index contributed by atoms with van der Waals surface area (Å²) in [7, 11) is 0. The van der Waals surface area contributed by atoms with Crippen LogP contribution in [0.3, 0.4) is 0 Å². The maximum Gasteiger partial charge on any atom is 0.0917 e. The Morgan fingerprint density at radius 2 is 1.67 bits per heavy atom. The molecule has 2 nitrogen and oxygen atoms in total. The monoisotopic (exact) mass is 243 g/mol. The molecule has 2 aromatic carbocycles. The summed E-state index contributed by atoms with van der Waals surface area (Å²) in [5, 5.41) is 12.7. The van der Waals surface area contributed by atoms with E-state index in [1.54, 1.807) is 0 Å². The number of nitrogens with zero attached hydrogens (tertiary/aromatic N) is 1. The molecule has 2 rings (SSSR count). The third-order valence-electron chi connectivity index (χ3n) is 3.48. The lowest BCUT2D eigenvalue weighted by molar-refractivity contribution is 0.119. The van der Waals surface area contributed by atoms with Crippen molar-refractivity contribution in [1.29, 1.82) is 0 Å². The van der Waals surface area contributed by atoms with E-state index in [1.165, 1.54) is 10.8 Å². The molecular formula is C16H21NO. The molecule has 0 aliphatic heterocycles. The van der Waals surface area contributed by atoms with Crippen molar-refractivity contribution in [1.82, 2.24) is 4.90 Å². The standard InChI is InChI=1S/C16H21NO/c1-3-17(4-2)12-16(18)15-10-9-13-7-5-6-8-14(13)11-15/h5-11,16,18H,3-4,12H2,1-2H3/t16-/m0/s1. The summed E-state index contributed by atoms with van der Waals surface area (Å²) in [6.07, 6.45) is -0.408. The molecule has 96 valence electrons. The second-order valence-corrected chi connectivity index (χ2v) is 4.61. The van der Waals surface area contributed by atoms with Gasteiger partial charge in [0.2, 0.25) is 0 Å². The van der Waals surface area contributed by atoms with Crippen molar-refractivity contribution < 1.29 is 5.11 Å². The van der Waals surface area contributed by atoms with E-state index in [0.29, 0.717) is 6.54 Å². The van der Waals surface area contributed by atoms with Crippen LogP contribution in [-0.4, -0.2) is 29.6 Å². The number of aliphatic hydroxyl groups excluding tert-OH is 1. The van der Waals surface area contributed by atoms with E-state index in [2.05, 4.69) is 43.0 Å². The van der Waals surface area contributed by atoms with E-state index in [0.717, 1.165) is 18.7 Å². The summed E-state index contributed by atoms with van der Waals surface area (Å²) in [4.78, 5) is 2.24. The van der Waals surface area contributed by atoms with Crippen LogP contribution in [0.4, 0.5) is 0 Å². The van der Waals surface area contributed by atoms with Crippen molar-refractivity contribution in [2.24, 2.45) is 0 Å². The summed E-state index contributed by atoms with van der Waals surface area (Å²) >= 11 is 0. The number of hydrogen-bond donors (Lipinski definition) is 1. The van der Waals surface area contributed by atoms with E-state index in [9.17, 15) is 5.11 Å². The predicted octanol–water partition coefficient (Wildman–Crippen LogP) is 3.22. The van der Waals surface area contributed by atoms with E-state index >= 15 is 0 Å². The number of likely N-dealkylation sites (N-methyl/N-ethyl adjacent to an activating group) is 1. The Bertz CT molecular complexity index is 505. The Labute approximate surface area is 109 Å². The molecule has 0 bridgehead atoms. The molecule has 0 spiro atoms. The van der Waals surface area contributed by atoms with Crippen LogP contribution in [-0.2, 0) is 0 Å². The van der Waals surface area contributed by atoms with Gasteiger partial charge in [-0.2, -0.15) is 0 Å². The molecule has 0 aromatic heterocycles. The molecule has 0 amide bonds. The Hall–Kier alpha value is -1.38. The number of fused-ring (bicyclic) bond motifs is 1. The summed E-state index contributed by atoms with van der Waals surface area (Å²) in [6, 6.07) is 14.4. The first-order valence-corrected chi connectivity index (χ1v) is 6.63. The number of aliphatic hydroxyl groups is 1. The Kier molecular flexibility index (Phi) is 4.34. The van der Waals surface area contributed by atoms with E-state index in [-0.39, 0.29) is 0 Å². The van der Waals surface area contributed by atoms with Crippen molar-refractivity contribution in [3.05, 3.63) is 48.0 Å². The van der Waals surface area contributed by atoms with Crippen molar-refractivity contribution >= 4 is 10.8 Å². The lowest BCUT2D eigenvalue weighted by Crippen LogP contribution is -2.28. The molecule has 1 atom stereocenters. The zero-order valence-electron chi connectivity index (χ0n) is 11.1. The second kappa shape index (κ2) is 5.98. The molecule has 18 heavy (non-hydrogen) atoms. The molecule has 2 heteroatoms. The highest BCUT2D eigenvalue weighted by atomic mass is 16.3. The van der Waals surface area contributed by atoms with Crippen LogP contribution in [0.25, 0.3) is 10.8 Å². The van der Waals surface area contributed by atoms with Gasteiger partial charge in [-0.3, -0.25) is 0 Å². The predicted molar refractivity (Wildman–Crippen MR) is 76.7 cm³/mol. The number of rotatable bonds is 5. The maximum atomic E-state index is 10.3. The molecule has 0 aliphatic rings. The van der Waals surface area contributed by atoms with Gasteiger partial charge >= 0.3 is 0 Å². The first-order valence-electron chi connectivity index (χ1n) is 6.63. The highest BCUT2D eigenvalue weighted by Gasteiger charge is 2.11. The highest BCUT2D eigenvalue weighted by Crippen LogP contribution is 2.21. The van der Waals surface area contributed by atoms with Crippen LogP contribution in [0, 0.1) is 0 Å². The molecule has 0 radical (unpaired) electrons. The first kappa shape index (κ1) is 13.1. The minimum absolute atomic E-state index is 0.408. The topological polar surface area (TPSA) is 23.5 Å². The Balaban J connectivity index is 2.19. The van der Waals surface area contributed by atoms with Gasteiger partial charge in [-0.25, -0.2) is 0 Å². The van der Waals surface area contributed by atoms with E-state index < -0.39 is 6.10 Å². The molecular weight excluding hydrogens is 222 g/mol. The van der Waals surface area contributed by atoms with Gasteiger partial charge in [0, 0.05) is 6.54 Å². The van der Waals surface area contributed by atoms with Gasteiger partial charge in [-0.1, -0.05) is 50.2 Å². The molecule has 0 saturated heterocycles. The lowest BCUT2D eigenvalue weighted by Gasteiger charge is -2.22. The normalized spacial score (nSPS) is 13.1. The Morgan fingerprint density at radius 3 is 2.33 bits per heavy atom. The van der Waals surface area contributed by atoms with Crippen LogP contribution in [0.5, 0.6) is 0 Å². The summed E-state index contributed by atoms with van der Waals surface area (Å²) in [5.74, 6) is 0. The quantitative estimate of drug-likeness (QED) is 0.871. The fraction of sp³-hybridized carbons (Fsp3) is 0.375. The van der Waals surface area contributed by atoms with Crippen molar-refractivity contribution in [2.75, 3.05) is 19.6 Å². The van der Waals surface area contributed by atoms with Gasteiger partial charge in [0.1, 0.15) is 0 Å². The van der Waals surface area contributed by atoms with Gasteiger partial charge in [0.15, 0.2) is 0 Å². The SMILES string of the molecule is CCN(CC)C[C@H](O)c1ccc2ccccc2c1. The summed E-state index contributed by atoms with van der Waals surface area (Å²) in [6.45, 7) is 6.89. The van der Waals surface area contributed by atoms with Crippen molar-refractivity contribution in [3.8, 4) is 0 Å². The van der Waals surface area contributed by atoms with Crippen LogP contribution in [0.15, 0.2) is 42.5 Å². The molecule has 2 aromatic rings. The molecule has 0 heterocycles. The zero-order valence-corrected chi connectivity index (χ0v) is 11.1. The van der Waals surface area contributed by atoms with Crippen LogP contribution < -0.4 is 0 Å². The van der Waals surface area contributed by atoms with Gasteiger partial charge in [0.25, 0.3) is 0 Å². The van der Waals surface area contributed by atoms with Gasteiger partial charge in [0.05, 0.1) is 6.10 Å². The fourth-order valence-electron chi connectivity index (χ4n) is 2.25. The van der Waals surface area contributed by atoms with Gasteiger partial charge in [-0.05, 0) is 35.5 Å². The molecule has 0 unspecified atom stereocenters. The minimum Gasteiger partial charge on any atom is -0.387 e. The number of hydrogen-bond acceptors (Lipinski definition) is 2. The zero-order chi connectivity index (χ0) is 13.0. The van der Waals surface area contributed by atoms with Crippen molar-refractivity contribution in [3.63, 3.8) is 0 Å². The highest BCUT2D eigenvalue weighted by molar-refractivity contribution is 5.83. The van der Waals surface area contributed by atoms with Crippen LogP contribution >= 0.6 is 0 Å². The second-order valence-electron chi connectivity index (χ2n) is 4.61. The lowest BCUT2D eigenvalue weighted by atomic mass is 10.0. The van der Waals surface area contributed by atoms with Gasteiger partial charge < -0.3 is 10.0 Å². The molecule has 1 N–H and O–H groups in total. The molecule has 0 fully saturated rings. The van der Waals surface area contributed by atoms with Crippen LogP contribution in [0.1, 0.15) is 25.5 Å². The summed E-state index contributed by atoms with van der Waals surface area (Å²) < 4.78 is 0. The number of benzene rings is 2. The van der Waals surface area contributed by atoms with Gasteiger partial charge in [-0.15, -0.1) is 0 Å². The minimum atomic E-state index is -0.408. The van der Waals surface area contributed by atoms with Crippen LogP contribution in [0.2, 0.25) is 0 Å². The largest absolute Gasteiger partial charge is 0.387 e. The maximum absolute atomic E-state index is 10.3. The third-order valence-corrected chi connectivity index (χ3v) is 3.48. The Morgan fingerprint density at radius 1 is 1.00 bits per heavy atom. The van der Waals surface area contributed by atoms with Crippen molar-refractivity contribution in [2.45, 2.75) is 20.0 Å². The average Bonchev–Trinajstić information content (AvgIpc) is 2.44. The fourth-order valence-corrected chi connectivity index (χ4v) is 2.25. The average molecular weight is 243 g/mol.